The lowest BCUT2D eigenvalue weighted by Crippen LogP contribution is -2.59. The lowest BCUT2D eigenvalue weighted by atomic mass is 9.96. The highest BCUT2D eigenvalue weighted by atomic mass is 16.5. The van der Waals surface area contributed by atoms with E-state index >= 15 is 0 Å². The minimum Gasteiger partial charge on any atom is -0.497 e. The number of nitrogens with zero attached hydrogens (tertiary/aromatic N) is 3. The van der Waals surface area contributed by atoms with Gasteiger partial charge in [0.1, 0.15) is 23.3 Å². The number of carbonyl (C=O) groups excluding carboxylic acids is 3. The Morgan fingerprint density at radius 2 is 1.43 bits per heavy atom. The number of pyridine rings is 1. The van der Waals surface area contributed by atoms with Crippen LogP contribution in [0.1, 0.15) is 39.1 Å². The molecule has 2 aliphatic heterocycles. The number of nitrogens with one attached hydrogen (secondary N) is 1. The maximum atomic E-state index is 13.9. The van der Waals surface area contributed by atoms with Gasteiger partial charge in [-0.2, -0.15) is 0 Å². The van der Waals surface area contributed by atoms with Crippen molar-refractivity contribution >= 4 is 17.7 Å². The molecule has 1 aromatic heterocycles. The van der Waals surface area contributed by atoms with E-state index in [9.17, 15) is 14.4 Å². The molecule has 1 N–H and O–H groups in total. The summed E-state index contributed by atoms with van der Waals surface area (Å²) in [5, 5.41) is 2.94. The van der Waals surface area contributed by atoms with Crippen molar-refractivity contribution in [1.29, 1.82) is 0 Å². The number of rotatable bonds is 7. The summed E-state index contributed by atoms with van der Waals surface area (Å²) in [6, 6.07) is 16.6. The van der Waals surface area contributed by atoms with Gasteiger partial charge in [-0.3, -0.25) is 24.3 Å². The number of aromatic nitrogens is 1. The third kappa shape index (κ3) is 5.48. The predicted molar refractivity (Wildman–Crippen MR) is 146 cm³/mol. The van der Waals surface area contributed by atoms with Gasteiger partial charge in [0.2, 0.25) is 5.91 Å². The standard InChI is InChI=1S/C30H32N4O6/c1-38-24-7-3-22(4-8-24)28(36)33-17-13-30(14-18-33)34(29(37)23-5-9-25(39-2)10-6-23)26(20-40-30)27(35)32-19-21-11-15-31-16-12-21/h3-12,15-16,26H,13-14,17-20H2,1-2H3,(H,32,35)/t26-/m1/s1. The van der Waals surface area contributed by atoms with E-state index in [0.29, 0.717) is 55.1 Å². The van der Waals surface area contributed by atoms with Crippen molar-refractivity contribution in [3.05, 3.63) is 89.7 Å². The topological polar surface area (TPSA) is 110 Å². The zero-order chi connectivity index (χ0) is 28.1. The summed E-state index contributed by atoms with van der Waals surface area (Å²) in [5.74, 6) is 0.594. The van der Waals surface area contributed by atoms with Gasteiger partial charge in [-0.05, 0) is 66.2 Å². The van der Waals surface area contributed by atoms with Crippen LogP contribution in [-0.4, -0.2) is 78.2 Å². The van der Waals surface area contributed by atoms with Gasteiger partial charge in [0, 0.05) is 56.0 Å². The van der Waals surface area contributed by atoms with Crippen LogP contribution in [0, 0.1) is 0 Å². The molecule has 0 unspecified atom stereocenters. The highest BCUT2D eigenvalue weighted by Gasteiger charge is 2.54. The third-order valence-corrected chi connectivity index (χ3v) is 7.50. The van der Waals surface area contributed by atoms with E-state index in [1.165, 1.54) is 0 Å². The summed E-state index contributed by atoms with van der Waals surface area (Å²) in [6.45, 7) is 1.13. The van der Waals surface area contributed by atoms with E-state index in [2.05, 4.69) is 10.3 Å². The molecule has 3 amide bonds. The minimum absolute atomic E-state index is 0.0660. The fraction of sp³-hybridized carbons (Fsp3) is 0.333. The number of amides is 3. The van der Waals surface area contributed by atoms with Crippen molar-refractivity contribution in [2.45, 2.75) is 31.2 Å². The van der Waals surface area contributed by atoms with E-state index in [1.807, 2.05) is 12.1 Å². The van der Waals surface area contributed by atoms with Crippen LogP contribution < -0.4 is 14.8 Å². The molecule has 10 nitrogen and oxygen atoms in total. The molecule has 3 heterocycles. The first-order valence-corrected chi connectivity index (χ1v) is 13.2. The van der Waals surface area contributed by atoms with Crippen molar-refractivity contribution in [3.8, 4) is 11.5 Å². The average Bonchev–Trinajstić information content (AvgIpc) is 3.38. The summed E-state index contributed by atoms with van der Waals surface area (Å²) in [6.07, 6.45) is 4.08. The van der Waals surface area contributed by atoms with Gasteiger partial charge in [0.15, 0.2) is 0 Å². The third-order valence-electron chi connectivity index (χ3n) is 7.50. The first-order valence-electron chi connectivity index (χ1n) is 13.2. The van der Waals surface area contributed by atoms with E-state index < -0.39 is 11.8 Å². The zero-order valence-corrected chi connectivity index (χ0v) is 22.5. The van der Waals surface area contributed by atoms with E-state index in [-0.39, 0.29) is 24.3 Å². The molecule has 10 heteroatoms. The number of ether oxygens (including phenoxy) is 3. The summed E-state index contributed by atoms with van der Waals surface area (Å²) in [5.41, 5.74) is 0.875. The molecule has 1 atom stereocenters. The number of benzene rings is 2. The fourth-order valence-electron chi connectivity index (χ4n) is 5.22. The van der Waals surface area contributed by atoms with Crippen molar-refractivity contribution in [1.82, 2.24) is 20.1 Å². The van der Waals surface area contributed by atoms with Crippen LogP contribution in [0.15, 0.2) is 73.1 Å². The van der Waals surface area contributed by atoms with Crippen LogP contribution >= 0.6 is 0 Å². The number of likely N-dealkylation sites (tertiary alicyclic amines) is 1. The lowest BCUT2D eigenvalue weighted by Gasteiger charge is -2.44. The van der Waals surface area contributed by atoms with E-state index in [1.54, 1.807) is 84.9 Å². The molecule has 0 radical (unpaired) electrons. The molecule has 5 rings (SSSR count). The largest absolute Gasteiger partial charge is 0.497 e. The molecule has 1 spiro atoms. The Morgan fingerprint density at radius 1 is 0.875 bits per heavy atom. The maximum Gasteiger partial charge on any atom is 0.256 e. The quantitative estimate of drug-likeness (QED) is 0.487. The number of methoxy groups -OCH3 is 2. The molecule has 0 bridgehead atoms. The highest BCUT2D eigenvalue weighted by molar-refractivity contribution is 5.99. The van der Waals surface area contributed by atoms with Gasteiger partial charge in [0.05, 0.1) is 20.8 Å². The first-order chi connectivity index (χ1) is 19.4. The SMILES string of the molecule is COc1ccc(C(=O)N2CCC3(CC2)OC[C@H](C(=O)NCc2ccncc2)N3C(=O)c2ccc(OC)cc2)cc1. The Balaban J connectivity index is 1.35. The molecule has 3 aromatic rings. The number of piperidine rings is 1. The second-order valence-electron chi connectivity index (χ2n) is 9.77. The molecule has 208 valence electrons. The molecule has 2 saturated heterocycles. The Bertz CT molecular complexity index is 1340. The Labute approximate surface area is 232 Å². The molecule has 0 saturated carbocycles. The second kappa shape index (κ2) is 11.7. The second-order valence-corrected chi connectivity index (χ2v) is 9.77. The Kier molecular flexibility index (Phi) is 7.97. The highest BCUT2D eigenvalue weighted by Crippen LogP contribution is 2.39. The summed E-state index contributed by atoms with van der Waals surface area (Å²) in [7, 11) is 3.14. The van der Waals surface area contributed by atoms with Crippen molar-refractivity contribution in [2.75, 3.05) is 33.9 Å². The molecular formula is C30H32N4O6. The normalized spacial score (nSPS) is 17.9. The molecule has 2 fully saturated rings. The average molecular weight is 545 g/mol. The first kappa shape index (κ1) is 27.1. The molecule has 2 aliphatic rings. The maximum absolute atomic E-state index is 13.9. The number of hydrogen-bond donors (Lipinski definition) is 1. The van der Waals surface area contributed by atoms with Crippen molar-refractivity contribution in [3.63, 3.8) is 0 Å². The van der Waals surface area contributed by atoms with Gasteiger partial charge >= 0.3 is 0 Å². The van der Waals surface area contributed by atoms with Crippen LogP contribution in [0.4, 0.5) is 0 Å². The predicted octanol–water partition coefficient (Wildman–Crippen LogP) is 2.89. The Morgan fingerprint density at radius 3 is 1.98 bits per heavy atom. The summed E-state index contributed by atoms with van der Waals surface area (Å²) >= 11 is 0. The van der Waals surface area contributed by atoms with E-state index in [4.69, 9.17) is 14.2 Å². The van der Waals surface area contributed by atoms with Crippen LogP contribution in [0.25, 0.3) is 0 Å². The smallest absolute Gasteiger partial charge is 0.256 e. The van der Waals surface area contributed by atoms with Gasteiger partial charge in [-0.15, -0.1) is 0 Å². The monoisotopic (exact) mass is 544 g/mol. The van der Waals surface area contributed by atoms with Crippen LogP contribution in [0.3, 0.4) is 0 Å². The molecule has 0 aliphatic carbocycles. The van der Waals surface area contributed by atoms with Crippen molar-refractivity contribution < 1.29 is 28.6 Å². The number of hydrogen-bond acceptors (Lipinski definition) is 7. The Hall–Kier alpha value is -4.44. The van der Waals surface area contributed by atoms with Crippen LogP contribution in [-0.2, 0) is 16.1 Å². The molecular weight excluding hydrogens is 512 g/mol. The molecule has 2 aromatic carbocycles. The van der Waals surface area contributed by atoms with Crippen LogP contribution in [0.2, 0.25) is 0 Å². The lowest BCUT2D eigenvalue weighted by molar-refractivity contribution is -0.128. The van der Waals surface area contributed by atoms with Gasteiger partial charge in [-0.25, -0.2) is 0 Å². The fourth-order valence-corrected chi connectivity index (χ4v) is 5.22. The van der Waals surface area contributed by atoms with Gasteiger partial charge in [-0.1, -0.05) is 0 Å². The summed E-state index contributed by atoms with van der Waals surface area (Å²) in [4.78, 5) is 47.8. The molecule has 40 heavy (non-hydrogen) atoms. The van der Waals surface area contributed by atoms with Crippen LogP contribution in [0.5, 0.6) is 11.5 Å². The zero-order valence-electron chi connectivity index (χ0n) is 22.5. The number of carbonyl (C=O) groups is 3. The minimum atomic E-state index is -1.01. The van der Waals surface area contributed by atoms with Crippen molar-refractivity contribution in [2.24, 2.45) is 0 Å². The van der Waals surface area contributed by atoms with Gasteiger partial charge in [0.25, 0.3) is 11.8 Å². The van der Waals surface area contributed by atoms with E-state index in [0.717, 1.165) is 5.56 Å². The van der Waals surface area contributed by atoms with Gasteiger partial charge < -0.3 is 24.4 Å². The summed E-state index contributed by atoms with van der Waals surface area (Å²) < 4.78 is 16.7.